The Kier molecular flexibility index (Phi) is 6.56. The fraction of sp³-hybridized carbons (Fsp3) is 0.435. The van der Waals surface area contributed by atoms with E-state index in [0.29, 0.717) is 23.0 Å². The highest BCUT2D eigenvalue weighted by molar-refractivity contribution is 5.74. The molecule has 0 aliphatic carbocycles. The van der Waals surface area contributed by atoms with E-state index in [1.54, 1.807) is 6.07 Å². The molecule has 2 heterocycles. The molecule has 1 unspecified atom stereocenters. The van der Waals surface area contributed by atoms with E-state index in [9.17, 15) is 5.11 Å². The summed E-state index contributed by atoms with van der Waals surface area (Å²) in [6, 6.07) is 7.68. The van der Waals surface area contributed by atoms with E-state index in [-0.39, 0.29) is 5.75 Å². The Labute approximate surface area is 168 Å². The molecule has 1 atom stereocenters. The molecule has 148 valence electrons. The van der Waals surface area contributed by atoms with Crippen LogP contribution in [0.4, 0.5) is 5.82 Å². The van der Waals surface area contributed by atoms with Crippen molar-refractivity contribution in [2.24, 2.45) is 0 Å². The number of piperidine rings is 1. The lowest BCUT2D eigenvalue weighted by atomic mass is 9.87. The molecular formula is C23H30N4O. The van der Waals surface area contributed by atoms with E-state index < -0.39 is 0 Å². The molecular weight excluding hydrogens is 348 g/mol. The third kappa shape index (κ3) is 4.46. The van der Waals surface area contributed by atoms with Gasteiger partial charge in [0.1, 0.15) is 11.6 Å². The summed E-state index contributed by atoms with van der Waals surface area (Å²) in [5.74, 6) is 3.64. The van der Waals surface area contributed by atoms with Crippen LogP contribution in [0.1, 0.15) is 41.9 Å². The lowest BCUT2D eigenvalue weighted by Crippen LogP contribution is -2.29. The van der Waals surface area contributed by atoms with Gasteiger partial charge in [-0.1, -0.05) is 18.1 Å². The molecule has 1 aliphatic heterocycles. The first kappa shape index (κ1) is 20.2. The molecule has 0 bridgehead atoms. The van der Waals surface area contributed by atoms with E-state index in [1.807, 2.05) is 12.1 Å². The third-order valence-corrected chi connectivity index (χ3v) is 5.40. The van der Waals surface area contributed by atoms with Crippen LogP contribution < -0.4 is 11.1 Å². The van der Waals surface area contributed by atoms with Gasteiger partial charge in [0.25, 0.3) is 0 Å². The van der Waals surface area contributed by atoms with Gasteiger partial charge < -0.3 is 21.1 Å². The van der Waals surface area contributed by atoms with Crippen LogP contribution in [0.5, 0.6) is 5.75 Å². The Morgan fingerprint density at radius 1 is 1.39 bits per heavy atom. The van der Waals surface area contributed by atoms with Crippen molar-refractivity contribution in [1.29, 1.82) is 0 Å². The van der Waals surface area contributed by atoms with Gasteiger partial charge in [-0.15, -0.1) is 6.42 Å². The minimum Gasteiger partial charge on any atom is -0.507 e. The number of aromatic hydroxyl groups is 1. The summed E-state index contributed by atoms with van der Waals surface area (Å²) in [5.41, 5.74) is 10.5. The van der Waals surface area contributed by atoms with Crippen LogP contribution in [0.15, 0.2) is 24.3 Å². The monoisotopic (exact) mass is 378 g/mol. The van der Waals surface area contributed by atoms with Crippen LogP contribution >= 0.6 is 0 Å². The second kappa shape index (κ2) is 9.09. The van der Waals surface area contributed by atoms with Crippen molar-refractivity contribution >= 4 is 5.82 Å². The molecule has 5 heteroatoms. The van der Waals surface area contributed by atoms with Crippen LogP contribution in [0.2, 0.25) is 0 Å². The number of nitrogens with one attached hydrogen (secondary N) is 1. The van der Waals surface area contributed by atoms with Gasteiger partial charge in [0.05, 0.1) is 11.3 Å². The minimum absolute atomic E-state index is 0.232. The average molecular weight is 379 g/mol. The number of nitrogens with two attached hydrogens (primary N) is 1. The number of anilines is 1. The maximum atomic E-state index is 10.6. The number of nitrogens with zero attached hydrogens (tertiary/aromatic N) is 2. The van der Waals surface area contributed by atoms with E-state index >= 15 is 0 Å². The first-order valence-electron chi connectivity index (χ1n) is 9.95. The molecule has 2 aromatic rings. The van der Waals surface area contributed by atoms with Gasteiger partial charge in [-0.05, 0) is 82.0 Å². The van der Waals surface area contributed by atoms with E-state index in [2.05, 4.69) is 41.3 Å². The van der Waals surface area contributed by atoms with Crippen LogP contribution in [-0.4, -0.2) is 48.7 Å². The van der Waals surface area contributed by atoms with E-state index in [1.165, 1.54) is 0 Å². The maximum Gasteiger partial charge on any atom is 0.140 e. The summed E-state index contributed by atoms with van der Waals surface area (Å²) in [4.78, 5) is 6.74. The Hall–Kier alpha value is -2.55. The van der Waals surface area contributed by atoms with Crippen LogP contribution in [0.3, 0.4) is 0 Å². The number of benzene rings is 1. The van der Waals surface area contributed by atoms with Gasteiger partial charge in [-0.2, -0.15) is 0 Å². The van der Waals surface area contributed by atoms with Gasteiger partial charge in [0.2, 0.25) is 0 Å². The highest BCUT2D eigenvalue weighted by atomic mass is 16.3. The lowest BCUT2D eigenvalue weighted by molar-refractivity contribution is 0.400. The molecule has 1 aromatic heterocycles. The first-order valence-corrected chi connectivity index (χ1v) is 9.95. The molecule has 0 amide bonds. The number of phenolic OH excluding ortho intramolecular Hbond substituents is 1. The number of terminal acetylenes is 1. The summed E-state index contributed by atoms with van der Waals surface area (Å²) < 4.78 is 0. The zero-order chi connectivity index (χ0) is 20.1. The highest BCUT2D eigenvalue weighted by Crippen LogP contribution is 2.37. The Morgan fingerprint density at radius 2 is 2.21 bits per heavy atom. The zero-order valence-electron chi connectivity index (χ0n) is 16.8. The second-order valence-corrected chi connectivity index (χ2v) is 7.76. The molecule has 28 heavy (non-hydrogen) atoms. The smallest absolute Gasteiger partial charge is 0.140 e. The van der Waals surface area contributed by atoms with Crippen molar-refractivity contribution in [3.8, 4) is 29.4 Å². The van der Waals surface area contributed by atoms with Crippen molar-refractivity contribution in [1.82, 2.24) is 15.2 Å². The summed E-state index contributed by atoms with van der Waals surface area (Å²) >= 11 is 0. The van der Waals surface area contributed by atoms with Crippen LogP contribution in [0.25, 0.3) is 11.3 Å². The number of hydrogen-bond acceptors (Lipinski definition) is 5. The molecule has 1 fully saturated rings. The topological polar surface area (TPSA) is 74.4 Å². The molecule has 0 spiro atoms. The summed E-state index contributed by atoms with van der Waals surface area (Å²) in [6.45, 7) is 2.90. The fourth-order valence-corrected chi connectivity index (χ4v) is 3.99. The quantitative estimate of drug-likeness (QED) is 0.674. The predicted molar refractivity (Wildman–Crippen MR) is 115 cm³/mol. The van der Waals surface area contributed by atoms with Crippen molar-refractivity contribution in [2.75, 3.05) is 39.5 Å². The van der Waals surface area contributed by atoms with Crippen LogP contribution in [-0.2, 0) is 6.42 Å². The molecule has 0 radical (unpaired) electrons. The molecule has 0 saturated carbocycles. The Morgan fingerprint density at radius 3 is 2.89 bits per heavy atom. The number of hydrogen-bond donors (Lipinski definition) is 3. The van der Waals surface area contributed by atoms with Crippen LogP contribution in [0, 0.1) is 12.3 Å². The molecule has 4 N–H and O–H groups in total. The number of rotatable bonds is 6. The summed E-state index contributed by atoms with van der Waals surface area (Å²) in [6.07, 6.45) is 9.80. The predicted octanol–water partition coefficient (Wildman–Crippen LogP) is 2.98. The number of aryl methyl sites for hydroxylation is 1. The largest absolute Gasteiger partial charge is 0.507 e. The minimum atomic E-state index is 0.232. The van der Waals surface area contributed by atoms with Gasteiger partial charge in [0, 0.05) is 12.1 Å². The first-order chi connectivity index (χ1) is 13.5. The van der Waals surface area contributed by atoms with Gasteiger partial charge in [-0.3, -0.25) is 0 Å². The fourth-order valence-electron chi connectivity index (χ4n) is 3.99. The second-order valence-electron chi connectivity index (χ2n) is 7.76. The number of aromatic nitrogens is 1. The normalized spacial score (nSPS) is 16.9. The average Bonchev–Trinajstić information content (AvgIpc) is 2.68. The van der Waals surface area contributed by atoms with E-state index in [4.69, 9.17) is 12.2 Å². The van der Waals surface area contributed by atoms with Gasteiger partial charge in [0.15, 0.2) is 0 Å². The molecule has 3 rings (SSSR count). The summed E-state index contributed by atoms with van der Waals surface area (Å²) in [7, 11) is 4.13. The molecule has 1 saturated heterocycles. The highest BCUT2D eigenvalue weighted by Gasteiger charge is 2.22. The third-order valence-electron chi connectivity index (χ3n) is 5.40. The SMILES string of the molecule is C#Cc1c(C2CCCNC2)cc(-c2c(O)cccc2CCCN(C)C)nc1N. The van der Waals surface area contributed by atoms with Gasteiger partial charge >= 0.3 is 0 Å². The zero-order valence-corrected chi connectivity index (χ0v) is 16.8. The Bertz CT molecular complexity index is 864. The Balaban J connectivity index is 2.04. The van der Waals surface area contributed by atoms with Crippen molar-refractivity contribution in [2.45, 2.75) is 31.6 Å². The summed E-state index contributed by atoms with van der Waals surface area (Å²) in [5, 5.41) is 14.1. The van der Waals surface area contributed by atoms with Crippen molar-refractivity contribution in [3.63, 3.8) is 0 Å². The van der Waals surface area contributed by atoms with Crippen molar-refractivity contribution in [3.05, 3.63) is 41.0 Å². The molecule has 1 aliphatic rings. The number of nitrogen functional groups attached to an aromatic ring is 1. The number of pyridine rings is 1. The van der Waals surface area contributed by atoms with E-state index in [0.717, 1.165) is 62.0 Å². The van der Waals surface area contributed by atoms with Gasteiger partial charge in [-0.25, -0.2) is 4.98 Å². The standard InChI is InChI=1S/C23H30N4O/c1-4-18-19(17-9-6-12-25-15-17)14-20(26-23(18)24)22-16(8-5-11-21(22)28)10-7-13-27(2)3/h1,5,8,11,14,17,25,28H,6-7,9-10,12-13,15H2,2-3H3,(H2,24,26). The van der Waals surface area contributed by atoms with Crippen molar-refractivity contribution < 1.29 is 5.11 Å². The maximum absolute atomic E-state index is 10.6. The number of phenols is 1. The molecule has 5 nitrogen and oxygen atoms in total. The molecule has 1 aromatic carbocycles. The lowest BCUT2D eigenvalue weighted by Gasteiger charge is -2.25.